The molecule has 2 aromatic rings. The normalized spacial score (nSPS) is 18.7. The Morgan fingerprint density at radius 1 is 1.21 bits per heavy atom. The Bertz CT molecular complexity index is 1180. The zero-order chi connectivity index (χ0) is 28.4. The molecule has 3 rings (SSSR count). The van der Waals surface area contributed by atoms with Crippen molar-refractivity contribution in [2.45, 2.75) is 85.2 Å². The predicted octanol–water partition coefficient (Wildman–Crippen LogP) is 3.34. The Balaban J connectivity index is 1.71. The van der Waals surface area contributed by atoms with Gasteiger partial charge < -0.3 is 30.5 Å². The number of nitrogens with one attached hydrogen (secondary N) is 2. The molecule has 11 heteroatoms. The number of likely N-dealkylation sites (tertiary alicyclic amines) is 1. The van der Waals surface area contributed by atoms with Crippen LogP contribution in [0.25, 0.3) is 10.4 Å². The molecule has 1 fully saturated rings. The Labute approximate surface area is 227 Å². The first-order valence-corrected chi connectivity index (χ1v) is 13.4. The van der Waals surface area contributed by atoms with Crippen molar-refractivity contribution in [3.8, 4) is 16.2 Å². The standard InChI is InChI=1S/C27H38N4O6S/c1-15-21(38-14-29-15)16-8-9-17(20(33)10-16)12-28-23(34)19-11-18(32)13-31(19)24(35)22(26(2,3)4)30-25(36)37-27(5,6)7/h8-10,14,18-19,22,32-33H,11-13H2,1-7H3,(H,28,34)(H,30,36)/t18-,19+,22-/m1/s1. The first-order chi connectivity index (χ1) is 17.6. The highest BCUT2D eigenvalue weighted by atomic mass is 32.1. The van der Waals surface area contributed by atoms with Crippen molar-refractivity contribution in [3.63, 3.8) is 0 Å². The third-order valence-corrected chi connectivity index (χ3v) is 7.16. The largest absolute Gasteiger partial charge is 0.508 e. The van der Waals surface area contributed by atoms with Crippen LogP contribution in [0.3, 0.4) is 0 Å². The molecular weight excluding hydrogens is 508 g/mol. The van der Waals surface area contributed by atoms with Crippen LogP contribution >= 0.6 is 11.3 Å². The van der Waals surface area contributed by atoms with Crippen LogP contribution in [0.15, 0.2) is 23.7 Å². The van der Waals surface area contributed by atoms with E-state index in [0.717, 1.165) is 16.1 Å². The molecule has 0 unspecified atom stereocenters. The van der Waals surface area contributed by atoms with Gasteiger partial charge in [0.15, 0.2) is 0 Å². The van der Waals surface area contributed by atoms with Crippen molar-refractivity contribution in [1.82, 2.24) is 20.5 Å². The molecule has 0 saturated carbocycles. The summed E-state index contributed by atoms with van der Waals surface area (Å²) in [5, 5.41) is 26.3. The number of amides is 3. The number of thiazole rings is 1. The molecule has 38 heavy (non-hydrogen) atoms. The van der Waals surface area contributed by atoms with Crippen LogP contribution in [-0.2, 0) is 20.9 Å². The number of hydrogen-bond acceptors (Lipinski definition) is 8. The fourth-order valence-corrected chi connectivity index (χ4v) is 5.08. The lowest BCUT2D eigenvalue weighted by atomic mass is 9.85. The number of phenols is 1. The Hall–Kier alpha value is -3.18. The summed E-state index contributed by atoms with van der Waals surface area (Å²) in [7, 11) is 0. The second-order valence-electron chi connectivity index (χ2n) is 11.7. The maximum absolute atomic E-state index is 13.6. The number of phenolic OH excluding ortho intramolecular Hbond substituents is 1. The van der Waals surface area contributed by atoms with Gasteiger partial charge in [-0.3, -0.25) is 9.59 Å². The van der Waals surface area contributed by atoms with Crippen LogP contribution in [0.5, 0.6) is 5.75 Å². The summed E-state index contributed by atoms with van der Waals surface area (Å²) in [6, 6.07) is 3.31. The maximum atomic E-state index is 13.6. The van der Waals surface area contributed by atoms with E-state index in [-0.39, 0.29) is 25.3 Å². The van der Waals surface area contributed by atoms with E-state index < -0.39 is 47.1 Å². The van der Waals surface area contributed by atoms with Crippen LogP contribution in [0.2, 0.25) is 0 Å². The lowest BCUT2D eigenvalue weighted by Gasteiger charge is -2.35. The van der Waals surface area contributed by atoms with Gasteiger partial charge in [0.25, 0.3) is 0 Å². The molecule has 1 saturated heterocycles. The number of aromatic nitrogens is 1. The lowest BCUT2D eigenvalue weighted by Crippen LogP contribution is -2.58. The highest BCUT2D eigenvalue weighted by Crippen LogP contribution is 2.31. The molecule has 0 bridgehead atoms. The summed E-state index contributed by atoms with van der Waals surface area (Å²) in [5.41, 5.74) is 2.53. The van der Waals surface area contributed by atoms with E-state index in [1.165, 1.54) is 16.2 Å². The molecule has 3 amide bonds. The SMILES string of the molecule is Cc1ncsc1-c1ccc(CNC(=O)[C@@H]2C[C@@H](O)CN2C(=O)[C@@H](NC(=O)OC(C)(C)C)C(C)(C)C)c(O)c1. The van der Waals surface area contributed by atoms with Gasteiger partial charge in [0.05, 0.1) is 22.2 Å². The van der Waals surface area contributed by atoms with E-state index in [1.807, 2.05) is 13.0 Å². The fraction of sp³-hybridized carbons (Fsp3) is 0.556. The molecule has 1 aliphatic heterocycles. The number of β-amino-alcohol motifs (C(OH)–C–C–N with tert-alkyl or cyclic N) is 1. The number of rotatable bonds is 6. The minimum atomic E-state index is -0.982. The summed E-state index contributed by atoms with van der Waals surface area (Å²) < 4.78 is 5.33. The molecule has 1 aromatic carbocycles. The van der Waals surface area contributed by atoms with E-state index in [2.05, 4.69) is 15.6 Å². The van der Waals surface area contributed by atoms with E-state index in [4.69, 9.17) is 4.74 Å². The second-order valence-corrected chi connectivity index (χ2v) is 12.5. The molecule has 10 nitrogen and oxygen atoms in total. The Morgan fingerprint density at radius 2 is 1.89 bits per heavy atom. The first-order valence-electron chi connectivity index (χ1n) is 12.5. The number of ether oxygens (including phenoxy) is 1. The van der Waals surface area contributed by atoms with Gasteiger partial charge in [0.1, 0.15) is 23.4 Å². The van der Waals surface area contributed by atoms with Crippen molar-refractivity contribution < 1.29 is 29.3 Å². The van der Waals surface area contributed by atoms with Crippen molar-refractivity contribution in [1.29, 1.82) is 0 Å². The molecular formula is C27H38N4O6S. The summed E-state index contributed by atoms with van der Waals surface area (Å²) in [4.78, 5) is 45.7. The Morgan fingerprint density at radius 3 is 2.45 bits per heavy atom. The summed E-state index contributed by atoms with van der Waals surface area (Å²) in [6.07, 6.45) is -1.55. The van der Waals surface area contributed by atoms with Crippen LogP contribution < -0.4 is 10.6 Å². The van der Waals surface area contributed by atoms with Crippen LogP contribution in [0, 0.1) is 12.3 Å². The summed E-state index contributed by atoms with van der Waals surface area (Å²) in [5.74, 6) is -0.905. The van der Waals surface area contributed by atoms with Crippen molar-refractivity contribution in [2.24, 2.45) is 5.41 Å². The highest BCUT2D eigenvalue weighted by molar-refractivity contribution is 7.13. The van der Waals surface area contributed by atoms with Gasteiger partial charge in [0.2, 0.25) is 11.8 Å². The Kier molecular flexibility index (Phi) is 8.72. The van der Waals surface area contributed by atoms with E-state index in [1.54, 1.807) is 59.2 Å². The number of hydrogen-bond donors (Lipinski definition) is 4. The third-order valence-electron chi connectivity index (χ3n) is 6.18. The maximum Gasteiger partial charge on any atom is 0.408 e. The van der Waals surface area contributed by atoms with Gasteiger partial charge in [0, 0.05) is 25.1 Å². The quantitative estimate of drug-likeness (QED) is 0.435. The lowest BCUT2D eigenvalue weighted by molar-refractivity contribution is -0.142. The zero-order valence-corrected chi connectivity index (χ0v) is 23.8. The molecule has 208 valence electrons. The fourth-order valence-electron chi connectivity index (χ4n) is 4.28. The highest BCUT2D eigenvalue weighted by Gasteiger charge is 2.44. The first kappa shape index (κ1) is 29.4. The van der Waals surface area contributed by atoms with Gasteiger partial charge in [-0.25, -0.2) is 9.78 Å². The van der Waals surface area contributed by atoms with E-state index >= 15 is 0 Å². The van der Waals surface area contributed by atoms with Gasteiger partial charge in [-0.05, 0) is 44.7 Å². The number of carbonyl (C=O) groups excluding carboxylic acids is 3. The average Bonchev–Trinajstić information content (AvgIpc) is 3.39. The number of aryl methyl sites for hydroxylation is 1. The van der Waals surface area contributed by atoms with Crippen LogP contribution in [0.4, 0.5) is 4.79 Å². The monoisotopic (exact) mass is 546 g/mol. The zero-order valence-electron chi connectivity index (χ0n) is 23.0. The van der Waals surface area contributed by atoms with Gasteiger partial charge in [-0.2, -0.15) is 0 Å². The summed E-state index contributed by atoms with van der Waals surface area (Å²) in [6.45, 7) is 12.5. The molecule has 4 N–H and O–H groups in total. The van der Waals surface area contributed by atoms with Crippen molar-refractivity contribution in [2.75, 3.05) is 6.54 Å². The molecule has 3 atom stereocenters. The second kappa shape index (κ2) is 11.3. The number of nitrogens with zero attached hydrogens (tertiary/aromatic N) is 2. The van der Waals surface area contributed by atoms with Gasteiger partial charge in [-0.15, -0.1) is 11.3 Å². The van der Waals surface area contributed by atoms with Crippen LogP contribution in [-0.4, -0.2) is 68.3 Å². The molecule has 2 heterocycles. The van der Waals surface area contributed by atoms with Crippen molar-refractivity contribution >= 4 is 29.2 Å². The third kappa shape index (κ3) is 7.22. The molecule has 1 aromatic heterocycles. The van der Waals surface area contributed by atoms with Crippen LogP contribution in [0.1, 0.15) is 59.2 Å². The van der Waals surface area contributed by atoms with Gasteiger partial charge in [-0.1, -0.05) is 32.9 Å². The average molecular weight is 547 g/mol. The topological polar surface area (TPSA) is 141 Å². The molecule has 0 aliphatic carbocycles. The smallest absolute Gasteiger partial charge is 0.408 e. The summed E-state index contributed by atoms with van der Waals surface area (Å²) >= 11 is 1.48. The van der Waals surface area contributed by atoms with E-state index in [0.29, 0.717) is 5.56 Å². The van der Waals surface area contributed by atoms with E-state index in [9.17, 15) is 24.6 Å². The van der Waals surface area contributed by atoms with Crippen molar-refractivity contribution in [3.05, 3.63) is 35.0 Å². The molecule has 0 spiro atoms. The number of benzene rings is 1. The number of carbonyl (C=O) groups is 3. The number of aliphatic hydroxyl groups is 1. The minimum absolute atomic E-state index is 0.0318. The molecule has 0 radical (unpaired) electrons. The predicted molar refractivity (Wildman–Crippen MR) is 145 cm³/mol. The number of aliphatic hydroxyl groups excluding tert-OH is 1. The number of aromatic hydroxyl groups is 1. The minimum Gasteiger partial charge on any atom is -0.508 e. The molecule has 1 aliphatic rings. The van der Waals surface area contributed by atoms with Gasteiger partial charge >= 0.3 is 6.09 Å². The number of alkyl carbamates (subject to hydrolysis) is 1.